The van der Waals surface area contributed by atoms with Crippen molar-refractivity contribution in [2.24, 2.45) is 12.9 Å². The molecule has 4 heteroatoms. The first-order chi connectivity index (χ1) is 8.15. The fourth-order valence-electron chi connectivity index (χ4n) is 2.07. The summed E-state index contributed by atoms with van der Waals surface area (Å²) >= 11 is 0. The van der Waals surface area contributed by atoms with Gasteiger partial charge in [-0.3, -0.25) is 5.84 Å². The number of benzene rings is 1. The van der Waals surface area contributed by atoms with Crippen LogP contribution < -0.4 is 11.3 Å². The van der Waals surface area contributed by atoms with Crippen LogP contribution in [-0.4, -0.2) is 9.55 Å². The molecule has 0 spiro atoms. The molecule has 0 fully saturated rings. The number of rotatable bonds is 3. The minimum atomic E-state index is -0.0256. The average molecular weight is 230 g/mol. The highest BCUT2D eigenvalue weighted by Crippen LogP contribution is 2.25. The predicted octanol–water partition coefficient (Wildman–Crippen LogP) is 1.59. The Morgan fingerprint density at radius 1 is 1.35 bits per heavy atom. The summed E-state index contributed by atoms with van der Waals surface area (Å²) in [6, 6.07) is 6.23. The Morgan fingerprint density at radius 2 is 2.12 bits per heavy atom. The van der Waals surface area contributed by atoms with Gasteiger partial charge in [-0.15, -0.1) is 0 Å². The molecule has 0 amide bonds. The van der Waals surface area contributed by atoms with Crippen molar-refractivity contribution in [2.45, 2.75) is 19.9 Å². The third kappa shape index (κ3) is 2.09. The predicted molar refractivity (Wildman–Crippen MR) is 68.3 cm³/mol. The third-order valence-corrected chi connectivity index (χ3v) is 3.27. The molecule has 1 heterocycles. The van der Waals surface area contributed by atoms with E-state index >= 15 is 0 Å². The van der Waals surface area contributed by atoms with Gasteiger partial charge in [0.25, 0.3) is 0 Å². The molecule has 1 aromatic carbocycles. The lowest BCUT2D eigenvalue weighted by Crippen LogP contribution is -2.30. The summed E-state index contributed by atoms with van der Waals surface area (Å²) in [5, 5.41) is 0. The zero-order chi connectivity index (χ0) is 12.4. The van der Waals surface area contributed by atoms with Gasteiger partial charge in [0.1, 0.15) is 0 Å². The maximum atomic E-state index is 5.69. The van der Waals surface area contributed by atoms with Crippen LogP contribution in [0.2, 0.25) is 0 Å². The van der Waals surface area contributed by atoms with Gasteiger partial charge in [0, 0.05) is 7.05 Å². The molecule has 90 valence electrons. The second kappa shape index (κ2) is 4.69. The first-order valence-electron chi connectivity index (χ1n) is 5.63. The number of aryl methyl sites for hydroxylation is 2. The molecule has 0 saturated carbocycles. The summed E-state index contributed by atoms with van der Waals surface area (Å²) in [6.45, 7) is 4.22. The van der Waals surface area contributed by atoms with E-state index in [9.17, 15) is 0 Å². The van der Waals surface area contributed by atoms with Gasteiger partial charge in [0.05, 0.1) is 24.3 Å². The molecule has 3 N–H and O–H groups in total. The van der Waals surface area contributed by atoms with E-state index < -0.39 is 0 Å². The Balaban J connectivity index is 2.50. The van der Waals surface area contributed by atoms with Crippen LogP contribution in [0.5, 0.6) is 0 Å². The minimum absolute atomic E-state index is 0.0256. The third-order valence-electron chi connectivity index (χ3n) is 3.27. The molecule has 0 saturated heterocycles. The van der Waals surface area contributed by atoms with Crippen LogP contribution in [0.1, 0.15) is 28.4 Å². The lowest BCUT2D eigenvalue weighted by molar-refractivity contribution is 0.594. The summed E-state index contributed by atoms with van der Waals surface area (Å²) in [7, 11) is 1.97. The standard InChI is InChI=1S/C13H18N4/c1-9-5-4-6-11(10(9)2)13(16-14)12-7-15-8-17(12)3/h4-8,13,16H,14H2,1-3H3. The Kier molecular flexibility index (Phi) is 3.26. The number of nitrogens with two attached hydrogens (primary N) is 1. The van der Waals surface area contributed by atoms with Gasteiger partial charge >= 0.3 is 0 Å². The van der Waals surface area contributed by atoms with E-state index in [1.165, 1.54) is 16.7 Å². The largest absolute Gasteiger partial charge is 0.336 e. The van der Waals surface area contributed by atoms with E-state index in [0.29, 0.717) is 0 Å². The molecule has 0 radical (unpaired) electrons. The van der Waals surface area contributed by atoms with Gasteiger partial charge in [-0.05, 0) is 30.5 Å². The van der Waals surface area contributed by atoms with Crippen molar-refractivity contribution >= 4 is 0 Å². The normalized spacial score (nSPS) is 12.7. The van der Waals surface area contributed by atoms with Crippen molar-refractivity contribution < 1.29 is 0 Å². The summed E-state index contributed by atoms with van der Waals surface area (Å²) < 4.78 is 1.98. The van der Waals surface area contributed by atoms with Gasteiger partial charge in [0.15, 0.2) is 0 Å². The molecule has 2 rings (SSSR count). The highest BCUT2D eigenvalue weighted by molar-refractivity contribution is 5.38. The Hall–Kier alpha value is -1.65. The van der Waals surface area contributed by atoms with Crippen molar-refractivity contribution in [1.82, 2.24) is 15.0 Å². The summed E-state index contributed by atoms with van der Waals surface area (Å²) in [6.07, 6.45) is 3.62. The van der Waals surface area contributed by atoms with Crippen molar-refractivity contribution in [2.75, 3.05) is 0 Å². The van der Waals surface area contributed by atoms with Gasteiger partial charge in [-0.1, -0.05) is 18.2 Å². The molecule has 0 aliphatic carbocycles. The molecular formula is C13H18N4. The van der Waals surface area contributed by atoms with Crippen LogP contribution in [0.4, 0.5) is 0 Å². The van der Waals surface area contributed by atoms with E-state index in [1.54, 1.807) is 6.33 Å². The van der Waals surface area contributed by atoms with Crippen LogP contribution in [0.15, 0.2) is 30.7 Å². The lowest BCUT2D eigenvalue weighted by atomic mass is 9.96. The number of hydrogen-bond acceptors (Lipinski definition) is 3. The zero-order valence-electron chi connectivity index (χ0n) is 10.4. The first kappa shape index (κ1) is 11.8. The zero-order valence-corrected chi connectivity index (χ0v) is 10.4. The number of imidazole rings is 1. The van der Waals surface area contributed by atoms with E-state index in [1.807, 2.05) is 17.8 Å². The average Bonchev–Trinajstić information content (AvgIpc) is 2.72. The van der Waals surface area contributed by atoms with E-state index in [4.69, 9.17) is 5.84 Å². The molecule has 17 heavy (non-hydrogen) atoms. The molecule has 0 aliphatic rings. The minimum Gasteiger partial charge on any atom is -0.336 e. The van der Waals surface area contributed by atoms with Crippen molar-refractivity contribution in [3.05, 3.63) is 53.1 Å². The maximum absolute atomic E-state index is 5.69. The smallest absolute Gasteiger partial charge is 0.0946 e. The van der Waals surface area contributed by atoms with E-state index in [0.717, 1.165) is 5.69 Å². The number of nitrogens with one attached hydrogen (secondary N) is 1. The molecule has 1 unspecified atom stereocenters. The van der Waals surface area contributed by atoms with Gasteiger partial charge in [0.2, 0.25) is 0 Å². The fourth-order valence-corrected chi connectivity index (χ4v) is 2.07. The highest BCUT2D eigenvalue weighted by Gasteiger charge is 2.17. The first-order valence-corrected chi connectivity index (χ1v) is 5.63. The van der Waals surface area contributed by atoms with Gasteiger partial charge in [-0.2, -0.15) is 0 Å². The summed E-state index contributed by atoms with van der Waals surface area (Å²) in [5.74, 6) is 5.69. The van der Waals surface area contributed by atoms with Crippen LogP contribution in [-0.2, 0) is 7.05 Å². The Morgan fingerprint density at radius 3 is 2.71 bits per heavy atom. The van der Waals surface area contributed by atoms with E-state index in [-0.39, 0.29) is 6.04 Å². The molecule has 0 bridgehead atoms. The van der Waals surface area contributed by atoms with Crippen LogP contribution in [0, 0.1) is 13.8 Å². The maximum Gasteiger partial charge on any atom is 0.0946 e. The SMILES string of the molecule is Cc1cccc(C(NN)c2cncn2C)c1C. The molecule has 0 aliphatic heterocycles. The monoisotopic (exact) mass is 230 g/mol. The fraction of sp³-hybridized carbons (Fsp3) is 0.308. The molecular weight excluding hydrogens is 212 g/mol. The van der Waals surface area contributed by atoms with Crippen molar-refractivity contribution in [3.8, 4) is 0 Å². The number of hydrazine groups is 1. The Labute approximate surface area is 101 Å². The quantitative estimate of drug-likeness (QED) is 0.622. The molecule has 4 nitrogen and oxygen atoms in total. The van der Waals surface area contributed by atoms with E-state index in [2.05, 4.69) is 42.5 Å². The van der Waals surface area contributed by atoms with Crippen LogP contribution in [0.3, 0.4) is 0 Å². The van der Waals surface area contributed by atoms with Crippen molar-refractivity contribution in [1.29, 1.82) is 0 Å². The molecule has 1 aromatic heterocycles. The second-order valence-electron chi connectivity index (χ2n) is 4.32. The lowest BCUT2D eigenvalue weighted by Gasteiger charge is -2.20. The highest BCUT2D eigenvalue weighted by atomic mass is 15.2. The number of aromatic nitrogens is 2. The van der Waals surface area contributed by atoms with Crippen molar-refractivity contribution in [3.63, 3.8) is 0 Å². The van der Waals surface area contributed by atoms with Crippen LogP contribution >= 0.6 is 0 Å². The molecule has 1 atom stereocenters. The number of hydrogen-bond donors (Lipinski definition) is 2. The summed E-state index contributed by atoms with van der Waals surface area (Å²) in [5.41, 5.74) is 7.65. The second-order valence-corrected chi connectivity index (χ2v) is 4.32. The van der Waals surface area contributed by atoms with Gasteiger partial charge < -0.3 is 4.57 Å². The molecule has 2 aromatic rings. The van der Waals surface area contributed by atoms with Crippen LogP contribution in [0.25, 0.3) is 0 Å². The van der Waals surface area contributed by atoms with Gasteiger partial charge in [-0.25, -0.2) is 10.4 Å². The topological polar surface area (TPSA) is 55.9 Å². The summed E-state index contributed by atoms with van der Waals surface area (Å²) in [4.78, 5) is 4.14. The number of nitrogens with zero attached hydrogens (tertiary/aromatic N) is 2. The Bertz CT molecular complexity index is 516.